The van der Waals surface area contributed by atoms with E-state index in [1.807, 2.05) is 34.1 Å². The summed E-state index contributed by atoms with van der Waals surface area (Å²) in [6.45, 7) is 8.31. The van der Waals surface area contributed by atoms with Crippen LogP contribution in [0.3, 0.4) is 0 Å². The lowest BCUT2D eigenvalue weighted by atomic mass is 10.1. The van der Waals surface area contributed by atoms with Crippen LogP contribution in [0.15, 0.2) is 39.9 Å². The zero-order valence-electron chi connectivity index (χ0n) is 17.6. The van der Waals surface area contributed by atoms with Crippen molar-refractivity contribution in [2.75, 3.05) is 49.1 Å². The second-order valence-corrected chi connectivity index (χ2v) is 7.24. The van der Waals surface area contributed by atoms with Crippen LogP contribution in [0, 0.1) is 0 Å². The molecule has 0 atom stereocenters. The number of nitrogens with zero attached hydrogens (tertiary/aromatic N) is 5. The first-order chi connectivity index (χ1) is 13.9. The number of amides is 1. The van der Waals surface area contributed by atoms with Gasteiger partial charge in [-0.25, -0.2) is 4.79 Å². The topological polar surface area (TPSA) is 70.8 Å². The summed E-state index contributed by atoms with van der Waals surface area (Å²) >= 11 is 0. The molecule has 1 amide bonds. The fourth-order valence-electron chi connectivity index (χ4n) is 3.75. The van der Waals surface area contributed by atoms with E-state index in [1.54, 1.807) is 7.05 Å². The molecule has 3 rings (SSSR count). The summed E-state index contributed by atoms with van der Waals surface area (Å²) < 4.78 is 2.57. The molecule has 0 N–H and O–H groups in total. The summed E-state index contributed by atoms with van der Waals surface area (Å²) in [5, 5.41) is 0. The second-order valence-electron chi connectivity index (χ2n) is 7.24. The molecule has 1 aliphatic rings. The summed E-state index contributed by atoms with van der Waals surface area (Å²) in [6.07, 6.45) is 0. The van der Waals surface area contributed by atoms with Gasteiger partial charge < -0.3 is 14.7 Å². The van der Waals surface area contributed by atoms with Gasteiger partial charge in [0.25, 0.3) is 11.5 Å². The quantitative estimate of drug-likeness (QED) is 0.747. The maximum atomic E-state index is 12.9. The molecule has 2 heterocycles. The molecule has 1 fully saturated rings. The van der Waals surface area contributed by atoms with Crippen LogP contribution in [0.4, 0.5) is 11.5 Å². The SMILES string of the molecule is CCN(CC)c1ccc(C(=O)N2CCN(c3cc(=O)n(C)c(=O)n3C)CC2)cc1. The molecule has 0 saturated carbocycles. The predicted octanol–water partition coefficient (Wildman–Crippen LogP) is 0.893. The molecule has 0 unspecified atom stereocenters. The molecule has 1 aliphatic heterocycles. The number of anilines is 2. The number of benzene rings is 1. The highest BCUT2D eigenvalue weighted by Gasteiger charge is 2.24. The highest BCUT2D eigenvalue weighted by atomic mass is 16.2. The summed E-state index contributed by atoms with van der Waals surface area (Å²) in [5.41, 5.74) is 1.12. The molecule has 0 radical (unpaired) electrons. The van der Waals surface area contributed by atoms with Crippen LogP contribution >= 0.6 is 0 Å². The number of carbonyl (C=O) groups excluding carboxylic acids is 1. The zero-order valence-corrected chi connectivity index (χ0v) is 17.6. The van der Waals surface area contributed by atoms with Crippen LogP contribution in [0.5, 0.6) is 0 Å². The van der Waals surface area contributed by atoms with E-state index < -0.39 is 0 Å². The Hall–Kier alpha value is -3.03. The van der Waals surface area contributed by atoms with Gasteiger partial charge in [-0.05, 0) is 38.1 Å². The van der Waals surface area contributed by atoms with Gasteiger partial charge in [-0.3, -0.25) is 18.7 Å². The molecule has 8 nitrogen and oxygen atoms in total. The maximum Gasteiger partial charge on any atom is 0.332 e. The zero-order chi connectivity index (χ0) is 21.1. The van der Waals surface area contributed by atoms with Gasteiger partial charge in [-0.1, -0.05) is 0 Å². The largest absolute Gasteiger partial charge is 0.372 e. The Kier molecular flexibility index (Phi) is 6.10. The molecule has 2 aromatic rings. The molecule has 1 aromatic carbocycles. The van der Waals surface area contributed by atoms with Crippen LogP contribution < -0.4 is 21.0 Å². The van der Waals surface area contributed by atoms with Crippen molar-refractivity contribution in [3.63, 3.8) is 0 Å². The smallest absolute Gasteiger partial charge is 0.332 e. The molecule has 0 aliphatic carbocycles. The van der Waals surface area contributed by atoms with Gasteiger partial charge in [0, 0.05) is 70.7 Å². The van der Waals surface area contributed by atoms with Crippen molar-refractivity contribution in [3.8, 4) is 0 Å². The number of hydrogen-bond donors (Lipinski definition) is 0. The molecule has 156 valence electrons. The number of carbonyl (C=O) groups is 1. The standard InChI is InChI=1S/C21H29N5O3/c1-5-24(6-2)17-9-7-16(8-10-17)20(28)26-13-11-25(12-14-26)18-15-19(27)23(4)21(29)22(18)3/h7-10,15H,5-6,11-14H2,1-4H3. The highest BCUT2D eigenvalue weighted by Crippen LogP contribution is 2.18. The third-order valence-electron chi connectivity index (χ3n) is 5.63. The van der Waals surface area contributed by atoms with Crippen LogP contribution in [0.25, 0.3) is 0 Å². The van der Waals surface area contributed by atoms with E-state index in [9.17, 15) is 14.4 Å². The Morgan fingerprint density at radius 1 is 0.931 bits per heavy atom. The molecule has 1 saturated heterocycles. The number of rotatable bonds is 5. The number of piperazine rings is 1. The van der Waals surface area contributed by atoms with Crippen molar-refractivity contribution in [3.05, 3.63) is 56.7 Å². The van der Waals surface area contributed by atoms with Crippen molar-refractivity contribution in [2.45, 2.75) is 13.8 Å². The summed E-state index contributed by atoms with van der Waals surface area (Å²) in [6, 6.07) is 9.22. The van der Waals surface area contributed by atoms with Crippen molar-refractivity contribution in [1.82, 2.24) is 14.0 Å². The van der Waals surface area contributed by atoms with E-state index >= 15 is 0 Å². The highest BCUT2D eigenvalue weighted by molar-refractivity contribution is 5.94. The minimum atomic E-state index is -0.348. The van der Waals surface area contributed by atoms with Crippen molar-refractivity contribution in [2.24, 2.45) is 14.1 Å². The fraction of sp³-hybridized carbons (Fsp3) is 0.476. The predicted molar refractivity (Wildman–Crippen MR) is 115 cm³/mol. The minimum Gasteiger partial charge on any atom is -0.372 e. The molecule has 0 spiro atoms. The van der Waals surface area contributed by atoms with Crippen LogP contribution in [0.2, 0.25) is 0 Å². The van der Waals surface area contributed by atoms with Crippen LogP contribution in [-0.2, 0) is 14.1 Å². The van der Waals surface area contributed by atoms with Gasteiger partial charge in [-0.2, -0.15) is 0 Å². The average Bonchev–Trinajstić information content (AvgIpc) is 2.76. The Balaban J connectivity index is 1.69. The molecule has 29 heavy (non-hydrogen) atoms. The second kappa shape index (κ2) is 8.55. The Bertz CT molecular complexity index is 981. The van der Waals surface area contributed by atoms with E-state index in [0.717, 1.165) is 23.3 Å². The van der Waals surface area contributed by atoms with Crippen molar-refractivity contribution in [1.29, 1.82) is 0 Å². The van der Waals surface area contributed by atoms with E-state index in [1.165, 1.54) is 17.7 Å². The Labute approximate surface area is 170 Å². The minimum absolute atomic E-state index is 0.00797. The van der Waals surface area contributed by atoms with Gasteiger partial charge in [0.15, 0.2) is 0 Å². The maximum absolute atomic E-state index is 12.9. The fourth-order valence-corrected chi connectivity index (χ4v) is 3.75. The first-order valence-corrected chi connectivity index (χ1v) is 10.0. The van der Waals surface area contributed by atoms with Gasteiger partial charge >= 0.3 is 5.69 Å². The van der Waals surface area contributed by atoms with Gasteiger partial charge in [0.1, 0.15) is 5.82 Å². The number of aromatic nitrogens is 2. The van der Waals surface area contributed by atoms with E-state index in [2.05, 4.69) is 18.7 Å². The molecular formula is C21H29N5O3. The van der Waals surface area contributed by atoms with Crippen LogP contribution in [-0.4, -0.2) is 59.2 Å². The summed E-state index contributed by atoms with van der Waals surface area (Å²) in [7, 11) is 3.13. The van der Waals surface area contributed by atoms with Crippen molar-refractivity contribution >= 4 is 17.4 Å². The Morgan fingerprint density at radius 2 is 1.52 bits per heavy atom. The van der Waals surface area contributed by atoms with E-state index in [0.29, 0.717) is 37.6 Å². The lowest BCUT2D eigenvalue weighted by molar-refractivity contribution is 0.0746. The monoisotopic (exact) mass is 399 g/mol. The van der Waals surface area contributed by atoms with E-state index in [4.69, 9.17) is 0 Å². The van der Waals surface area contributed by atoms with Gasteiger partial charge in [0.2, 0.25) is 0 Å². The first kappa shape index (κ1) is 20.7. The molecule has 1 aromatic heterocycles. The normalized spacial score (nSPS) is 14.2. The lowest BCUT2D eigenvalue weighted by Crippen LogP contribution is -2.51. The lowest BCUT2D eigenvalue weighted by Gasteiger charge is -2.36. The van der Waals surface area contributed by atoms with Crippen LogP contribution in [0.1, 0.15) is 24.2 Å². The van der Waals surface area contributed by atoms with Gasteiger partial charge in [0.05, 0.1) is 0 Å². The molecule has 8 heteroatoms. The first-order valence-electron chi connectivity index (χ1n) is 10.0. The summed E-state index contributed by atoms with van der Waals surface area (Å²) in [5.74, 6) is 0.599. The van der Waals surface area contributed by atoms with E-state index in [-0.39, 0.29) is 17.2 Å². The Morgan fingerprint density at radius 3 is 2.07 bits per heavy atom. The van der Waals surface area contributed by atoms with Gasteiger partial charge in [-0.15, -0.1) is 0 Å². The third-order valence-corrected chi connectivity index (χ3v) is 5.63. The summed E-state index contributed by atoms with van der Waals surface area (Å²) in [4.78, 5) is 43.1. The van der Waals surface area contributed by atoms with Crippen molar-refractivity contribution < 1.29 is 4.79 Å². The molecule has 0 bridgehead atoms. The molecular weight excluding hydrogens is 370 g/mol. The third kappa shape index (κ3) is 4.06. The number of hydrogen-bond acceptors (Lipinski definition) is 5. The average molecular weight is 399 g/mol.